The third-order valence-corrected chi connectivity index (χ3v) is 6.55. The first kappa shape index (κ1) is 21.0. The summed E-state index contributed by atoms with van der Waals surface area (Å²) < 4.78 is 0. The summed E-state index contributed by atoms with van der Waals surface area (Å²) in [6, 6.07) is 7.41. The van der Waals surface area contributed by atoms with Crippen molar-refractivity contribution >= 4 is 23.3 Å². The number of hydrogen-bond acceptors (Lipinski definition) is 6. The van der Waals surface area contributed by atoms with E-state index in [4.69, 9.17) is 17.3 Å². The standard InChI is InChI=1S/C22H28ClN5O2/c1-13-9-18(29)20-19(13)21(26-12-25-20)28-8-7-27(11-14(28)2)22(30)17(10-24)15-3-5-16(23)6-4-15/h3-6,12-14,17-18,29H,7-11,24H2,1-2H3/t13-,14+,17-,18-/m1/s1. The molecule has 2 aliphatic rings. The fourth-order valence-corrected chi connectivity index (χ4v) is 4.82. The lowest BCUT2D eigenvalue weighted by atomic mass is 9.96. The molecule has 0 spiro atoms. The number of nitrogens with zero attached hydrogens (tertiary/aromatic N) is 4. The molecule has 2 heterocycles. The molecule has 1 fully saturated rings. The first-order valence-corrected chi connectivity index (χ1v) is 10.8. The number of carbonyl (C=O) groups excluding carboxylic acids is 1. The van der Waals surface area contributed by atoms with Crippen molar-refractivity contribution < 1.29 is 9.90 Å². The van der Waals surface area contributed by atoms with Gasteiger partial charge >= 0.3 is 0 Å². The Morgan fingerprint density at radius 1 is 1.27 bits per heavy atom. The Kier molecular flexibility index (Phi) is 5.95. The van der Waals surface area contributed by atoms with Crippen LogP contribution in [0.5, 0.6) is 0 Å². The van der Waals surface area contributed by atoms with Gasteiger partial charge in [-0.1, -0.05) is 30.7 Å². The average Bonchev–Trinajstić information content (AvgIpc) is 3.04. The number of aliphatic hydroxyl groups is 1. The van der Waals surface area contributed by atoms with E-state index in [2.05, 4.69) is 28.7 Å². The fourth-order valence-electron chi connectivity index (χ4n) is 4.70. The highest BCUT2D eigenvalue weighted by Crippen LogP contribution is 2.43. The SMILES string of the molecule is C[C@@H]1C[C@@H](O)c2ncnc(N3CCN(C(=O)[C@H](CN)c4ccc(Cl)cc4)C[C@@H]3C)c21. The van der Waals surface area contributed by atoms with Crippen LogP contribution in [0.1, 0.15) is 55.0 Å². The smallest absolute Gasteiger partial charge is 0.231 e. The number of halogens is 1. The van der Waals surface area contributed by atoms with Gasteiger partial charge in [-0.3, -0.25) is 4.79 Å². The number of piperazine rings is 1. The van der Waals surface area contributed by atoms with Gasteiger partial charge < -0.3 is 20.6 Å². The predicted octanol–water partition coefficient (Wildman–Crippen LogP) is 2.45. The molecule has 30 heavy (non-hydrogen) atoms. The fraction of sp³-hybridized carbons (Fsp3) is 0.500. The monoisotopic (exact) mass is 429 g/mol. The Morgan fingerprint density at radius 3 is 2.67 bits per heavy atom. The highest BCUT2D eigenvalue weighted by atomic mass is 35.5. The van der Waals surface area contributed by atoms with Crippen molar-refractivity contribution in [2.75, 3.05) is 31.1 Å². The molecule has 0 bridgehead atoms. The van der Waals surface area contributed by atoms with Crippen molar-refractivity contribution in [1.29, 1.82) is 0 Å². The summed E-state index contributed by atoms with van der Waals surface area (Å²) in [5.41, 5.74) is 8.63. The Morgan fingerprint density at radius 2 is 2.00 bits per heavy atom. The van der Waals surface area contributed by atoms with Crippen LogP contribution in [-0.4, -0.2) is 58.1 Å². The van der Waals surface area contributed by atoms with Crippen molar-refractivity contribution in [1.82, 2.24) is 14.9 Å². The highest BCUT2D eigenvalue weighted by molar-refractivity contribution is 6.30. The first-order chi connectivity index (χ1) is 14.4. The molecule has 1 aromatic carbocycles. The maximum Gasteiger partial charge on any atom is 0.231 e. The van der Waals surface area contributed by atoms with E-state index in [0.717, 1.165) is 22.6 Å². The van der Waals surface area contributed by atoms with Crippen LogP contribution in [0.25, 0.3) is 0 Å². The largest absolute Gasteiger partial charge is 0.387 e. The zero-order valence-electron chi connectivity index (χ0n) is 17.3. The molecule has 2 aromatic rings. The Labute approximate surface area is 181 Å². The van der Waals surface area contributed by atoms with Crippen LogP contribution in [0, 0.1) is 0 Å². The van der Waals surface area contributed by atoms with E-state index in [1.54, 1.807) is 12.1 Å². The number of nitrogens with two attached hydrogens (primary N) is 1. The second-order valence-corrected chi connectivity index (χ2v) is 8.75. The van der Waals surface area contributed by atoms with Crippen LogP contribution in [0.15, 0.2) is 30.6 Å². The highest BCUT2D eigenvalue weighted by Gasteiger charge is 2.36. The van der Waals surface area contributed by atoms with Crippen LogP contribution in [0.2, 0.25) is 5.02 Å². The lowest BCUT2D eigenvalue weighted by molar-refractivity contribution is -0.133. The minimum atomic E-state index is -0.528. The number of aromatic nitrogens is 2. The zero-order chi connectivity index (χ0) is 21.4. The maximum atomic E-state index is 13.2. The van der Waals surface area contributed by atoms with Crippen molar-refractivity contribution in [3.63, 3.8) is 0 Å². The minimum absolute atomic E-state index is 0.0445. The molecule has 3 N–H and O–H groups in total. The molecule has 7 nitrogen and oxygen atoms in total. The second kappa shape index (κ2) is 8.49. The second-order valence-electron chi connectivity index (χ2n) is 8.32. The predicted molar refractivity (Wildman–Crippen MR) is 117 cm³/mol. The van der Waals surface area contributed by atoms with Gasteiger partial charge in [0.2, 0.25) is 5.91 Å². The number of rotatable bonds is 4. The van der Waals surface area contributed by atoms with E-state index < -0.39 is 6.10 Å². The molecule has 1 aromatic heterocycles. The summed E-state index contributed by atoms with van der Waals surface area (Å²) >= 11 is 5.98. The van der Waals surface area contributed by atoms with E-state index in [-0.39, 0.29) is 30.3 Å². The van der Waals surface area contributed by atoms with Crippen LogP contribution >= 0.6 is 11.6 Å². The van der Waals surface area contributed by atoms with Gasteiger partial charge in [0.1, 0.15) is 12.1 Å². The normalized spacial score (nSPS) is 24.6. The lowest BCUT2D eigenvalue weighted by Gasteiger charge is -2.42. The number of anilines is 1. The first-order valence-electron chi connectivity index (χ1n) is 10.4. The summed E-state index contributed by atoms with van der Waals surface area (Å²) in [4.78, 5) is 26.2. The van der Waals surface area contributed by atoms with Crippen molar-refractivity contribution in [3.05, 3.63) is 52.4 Å². The summed E-state index contributed by atoms with van der Waals surface area (Å²) in [5.74, 6) is 0.767. The molecule has 160 valence electrons. The van der Waals surface area contributed by atoms with E-state index in [1.807, 2.05) is 17.0 Å². The summed E-state index contributed by atoms with van der Waals surface area (Å²) in [7, 11) is 0. The van der Waals surface area contributed by atoms with Gasteiger partial charge in [-0.05, 0) is 37.0 Å². The van der Waals surface area contributed by atoms with Gasteiger partial charge in [0.15, 0.2) is 0 Å². The topological polar surface area (TPSA) is 95.6 Å². The third-order valence-electron chi connectivity index (χ3n) is 6.30. The molecule has 0 saturated carbocycles. The Bertz CT molecular complexity index is 922. The molecule has 0 unspecified atom stereocenters. The van der Waals surface area contributed by atoms with Gasteiger partial charge in [-0.25, -0.2) is 9.97 Å². The quantitative estimate of drug-likeness (QED) is 0.775. The van der Waals surface area contributed by atoms with Crippen molar-refractivity contribution in [2.45, 2.75) is 44.2 Å². The third kappa shape index (κ3) is 3.77. The lowest BCUT2D eigenvalue weighted by Crippen LogP contribution is -2.55. The number of carbonyl (C=O) groups is 1. The number of amides is 1. The van der Waals surface area contributed by atoms with E-state index in [9.17, 15) is 9.90 Å². The van der Waals surface area contributed by atoms with Crippen LogP contribution in [0.4, 0.5) is 5.82 Å². The number of fused-ring (bicyclic) bond motifs is 1. The summed E-state index contributed by atoms with van der Waals surface area (Å²) in [6.07, 6.45) is 1.68. The van der Waals surface area contributed by atoms with Crippen molar-refractivity contribution in [3.8, 4) is 0 Å². The molecule has 4 atom stereocenters. The van der Waals surface area contributed by atoms with Crippen LogP contribution in [0.3, 0.4) is 0 Å². The van der Waals surface area contributed by atoms with Gasteiger partial charge in [0.05, 0.1) is 17.7 Å². The Balaban J connectivity index is 1.51. The van der Waals surface area contributed by atoms with Gasteiger partial charge in [0.25, 0.3) is 0 Å². The van der Waals surface area contributed by atoms with E-state index in [1.165, 1.54) is 6.33 Å². The molecule has 1 aliphatic heterocycles. The average molecular weight is 430 g/mol. The molecular weight excluding hydrogens is 402 g/mol. The minimum Gasteiger partial charge on any atom is -0.387 e. The molecule has 1 saturated heterocycles. The number of benzene rings is 1. The molecular formula is C22H28ClN5O2. The maximum absolute atomic E-state index is 13.2. The molecule has 4 rings (SSSR count). The van der Waals surface area contributed by atoms with E-state index >= 15 is 0 Å². The van der Waals surface area contributed by atoms with Gasteiger partial charge in [-0.2, -0.15) is 0 Å². The molecule has 1 amide bonds. The van der Waals surface area contributed by atoms with Crippen LogP contribution < -0.4 is 10.6 Å². The number of hydrogen-bond donors (Lipinski definition) is 2. The van der Waals surface area contributed by atoms with Crippen LogP contribution in [-0.2, 0) is 4.79 Å². The number of aliphatic hydroxyl groups excluding tert-OH is 1. The summed E-state index contributed by atoms with van der Waals surface area (Å²) in [6.45, 7) is 6.33. The molecule has 8 heteroatoms. The van der Waals surface area contributed by atoms with Crippen molar-refractivity contribution in [2.24, 2.45) is 5.73 Å². The van der Waals surface area contributed by atoms with Gasteiger partial charge in [0, 0.05) is 42.8 Å². The Hall–Kier alpha value is -2.22. The molecule has 0 radical (unpaired) electrons. The summed E-state index contributed by atoms with van der Waals surface area (Å²) in [5, 5.41) is 10.9. The zero-order valence-corrected chi connectivity index (χ0v) is 18.1. The molecule has 1 aliphatic carbocycles. The van der Waals surface area contributed by atoms with Gasteiger partial charge in [-0.15, -0.1) is 0 Å². The van der Waals surface area contributed by atoms with E-state index in [0.29, 0.717) is 31.1 Å².